The van der Waals surface area contributed by atoms with Crippen molar-refractivity contribution in [2.75, 3.05) is 35.0 Å². The molecular weight excluding hydrogens is 576 g/mol. The number of halogens is 1. The highest BCUT2D eigenvalue weighted by Crippen LogP contribution is 2.36. The van der Waals surface area contributed by atoms with Gasteiger partial charge in [-0.3, -0.25) is 9.36 Å². The number of aromatic nitrogens is 1. The second-order valence-electron chi connectivity index (χ2n) is 8.15. The summed E-state index contributed by atoms with van der Waals surface area (Å²) in [6.07, 6.45) is 1.74. The molecule has 0 unspecified atom stereocenters. The fourth-order valence-corrected chi connectivity index (χ4v) is 5.83. The van der Waals surface area contributed by atoms with E-state index < -0.39 is 12.0 Å². The van der Waals surface area contributed by atoms with E-state index in [9.17, 15) is 9.59 Å². The minimum Gasteiger partial charge on any atom is -0.496 e. The van der Waals surface area contributed by atoms with Crippen molar-refractivity contribution in [1.82, 2.24) is 4.57 Å². The second-order valence-corrected chi connectivity index (χ2v) is 10.0. The summed E-state index contributed by atoms with van der Waals surface area (Å²) in [4.78, 5) is 32.1. The highest BCUT2D eigenvalue weighted by atomic mass is 79.9. The van der Waals surface area contributed by atoms with Gasteiger partial charge in [-0.15, -0.1) is 0 Å². The minimum atomic E-state index is -0.781. The Bertz CT molecular complexity index is 1610. The molecule has 200 valence electrons. The van der Waals surface area contributed by atoms with Gasteiger partial charge in [-0.05, 0) is 59.6 Å². The molecule has 4 rings (SSSR count). The molecular formula is C27H27BrN2O7S. The number of hydrogen-bond acceptors (Lipinski definition) is 9. The molecule has 0 bridgehead atoms. The number of ether oxygens (including phenoxy) is 5. The van der Waals surface area contributed by atoms with Crippen molar-refractivity contribution in [3.05, 3.63) is 76.9 Å². The molecule has 1 aliphatic heterocycles. The number of methoxy groups -OCH3 is 4. The molecule has 1 atom stereocenters. The van der Waals surface area contributed by atoms with Crippen molar-refractivity contribution < 1.29 is 28.5 Å². The van der Waals surface area contributed by atoms with Crippen LogP contribution in [0.5, 0.6) is 23.0 Å². The predicted molar refractivity (Wildman–Crippen MR) is 147 cm³/mol. The predicted octanol–water partition coefficient (Wildman–Crippen LogP) is 3.60. The van der Waals surface area contributed by atoms with E-state index in [4.69, 9.17) is 23.7 Å². The van der Waals surface area contributed by atoms with E-state index in [2.05, 4.69) is 20.9 Å². The summed E-state index contributed by atoms with van der Waals surface area (Å²) >= 11 is 4.71. The summed E-state index contributed by atoms with van der Waals surface area (Å²) in [5.41, 5.74) is 1.77. The van der Waals surface area contributed by atoms with Crippen LogP contribution >= 0.6 is 27.3 Å². The van der Waals surface area contributed by atoms with Crippen LogP contribution in [-0.4, -0.2) is 45.6 Å². The molecule has 0 saturated heterocycles. The molecule has 11 heteroatoms. The molecule has 9 nitrogen and oxygen atoms in total. The van der Waals surface area contributed by atoms with Gasteiger partial charge in [-0.2, -0.15) is 0 Å². The number of allylic oxidation sites excluding steroid dienone is 1. The quantitative estimate of drug-likeness (QED) is 0.363. The van der Waals surface area contributed by atoms with Gasteiger partial charge in [0, 0.05) is 11.6 Å². The average Bonchev–Trinajstić information content (AvgIpc) is 3.21. The molecule has 1 aromatic heterocycles. The van der Waals surface area contributed by atoms with Crippen LogP contribution in [0.3, 0.4) is 0 Å². The van der Waals surface area contributed by atoms with Crippen molar-refractivity contribution in [2.24, 2.45) is 4.99 Å². The second kappa shape index (κ2) is 11.4. The molecule has 0 radical (unpaired) electrons. The zero-order chi connectivity index (χ0) is 27.6. The van der Waals surface area contributed by atoms with Gasteiger partial charge in [0.15, 0.2) is 16.3 Å². The summed E-state index contributed by atoms with van der Waals surface area (Å²) in [6, 6.07) is 8.06. The summed E-state index contributed by atoms with van der Waals surface area (Å²) in [7, 11) is 6.18. The third-order valence-electron chi connectivity index (χ3n) is 6.03. The normalized spacial score (nSPS) is 15.0. The van der Waals surface area contributed by atoms with E-state index in [1.807, 2.05) is 6.07 Å². The lowest BCUT2D eigenvalue weighted by atomic mass is 9.95. The molecule has 3 aromatic rings. The lowest BCUT2D eigenvalue weighted by Gasteiger charge is -2.25. The zero-order valence-corrected chi connectivity index (χ0v) is 24.2. The van der Waals surface area contributed by atoms with Crippen molar-refractivity contribution in [2.45, 2.75) is 19.9 Å². The molecule has 0 spiro atoms. The molecule has 0 amide bonds. The van der Waals surface area contributed by atoms with Gasteiger partial charge in [0.2, 0.25) is 0 Å². The maximum absolute atomic E-state index is 13.9. The molecule has 38 heavy (non-hydrogen) atoms. The van der Waals surface area contributed by atoms with E-state index in [1.54, 1.807) is 65.5 Å². The number of nitrogens with zero attached hydrogens (tertiary/aromatic N) is 2. The number of rotatable bonds is 8. The summed E-state index contributed by atoms with van der Waals surface area (Å²) in [6.45, 7) is 3.65. The van der Waals surface area contributed by atoms with Gasteiger partial charge in [0.05, 0.1) is 61.4 Å². The number of carbonyl (C=O) groups excluding carboxylic acids is 1. The van der Waals surface area contributed by atoms with Gasteiger partial charge in [0.25, 0.3) is 5.56 Å². The number of thiazole rings is 1. The zero-order valence-electron chi connectivity index (χ0n) is 21.8. The van der Waals surface area contributed by atoms with E-state index in [0.29, 0.717) is 53.6 Å². The van der Waals surface area contributed by atoms with Crippen molar-refractivity contribution in [3.8, 4) is 23.0 Å². The van der Waals surface area contributed by atoms with Crippen LogP contribution in [0, 0.1) is 0 Å². The molecule has 2 heterocycles. The Morgan fingerprint density at radius 3 is 2.34 bits per heavy atom. The number of hydrogen-bond donors (Lipinski definition) is 0. The lowest BCUT2D eigenvalue weighted by Crippen LogP contribution is -2.40. The van der Waals surface area contributed by atoms with Gasteiger partial charge >= 0.3 is 5.97 Å². The Morgan fingerprint density at radius 2 is 1.71 bits per heavy atom. The first-order valence-electron chi connectivity index (χ1n) is 11.6. The van der Waals surface area contributed by atoms with Crippen molar-refractivity contribution >= 4 is 39.3 Å². The maximum atomic E-state index is 13.9. The molecule has 0 N–H and O–H groups in total. The van der Waals surface area contributed by atoms with Gasteiger partial charge < -0.3 is 23.7 Å². The summed E-state index contributed by atoms with van der Waals surface area (Å²) in [5, 5.41) is 0. The monoisotopic (exact) mass is 602 g/mol. The average molecular weight is 603 g/mol. The molecule has 2 aromatic carbocycles. The minimum absolute atomic E-state index is 0.185. The SMILES string of the molecule is CCOC(=O)C1=C(C)N=c2s/c(=C\c3cc(Br)c(OC)cc3OC)c(=O)n2[C@H]1c1ccc(OC)c(OC)c1. The first-order chi connectivity index (χ1) is 18.3. The number of benzene rings is 2. The maximum Gasteiger partial charge on any atom is 0.338 e. The Kier molecular flexibility index (Phi) is 8.27. The third-order valence-corrected chi connectivity index (χ3v) is 7.63. The van der Waals surface area contributed by atoms with Gasteiger partial charge in [0.1, 0.15) is 11.5 Å². The summed E-state index contributed by atoms with van der Waals surface area (Å²) in [5.74, 6) is 1.60. The number of carbonyl (C=O) groups is 1. The number of fused-ring (bicyclic) bond motifs is 1. The molecule has 1 aliphatic rings. The Labute approximate surface area is 231 Å². The molecule has 0 fully saturated rings. The van der Waals surface area contributed by atoms with E-state index in [-0.39, 0.29) is 17.7 Å². The van der Waals surface area contributed by atoms with Crippen LogP contribution in [0.25, 0.3) is 6.08 Å². The molecule has 0 aliphatic carbocycles. The van der Waals surface area contributed by atoms with E-state index in [0.717, 1.165) is 0 Å². The van der Waals surface area contributed by atoms with Crippen LogP contribution in [-0.2, 0) is 9.53 Å². The standard InChI is InChI=1S/C27H27BrN2O7S/c1-7-37-26(32)23-14(2)29-27-30(24(23)15-8-9-18(33-3)21(11-15)36-6)25(31)22(38-27)12-16-10-17(28)20(35-5)13-19(16)34-4/h8-13,24H,7H2,1-6H3/b22-12-/t24-/m0/s1. The summed E-state index contributed by atoms with van der Waals surface area (Å²) < 4.78 is 29.8. The third kappa shape index (κ3) is 4.95. The van der Waals surface area contributed by atoms with E-state index >= 15 is 0 Å². The van der Waals surface area contributed by atoms with Gasteiger partial charge in [-0.1, -0.05) is 17.4 Å². The Morgan fingerprint density at radius 1 is 1.03 bits per heavy atom. The Balaban J connectivity index is 1.98. The molecule has 0 saturated carbocycles. The van der Waals surface area contributed by atoms with Crippen LogP contribution in [0.4, 0.5) is 0 Å². The van der Waals surface area contributed by atoms with E-state index in [1.165, 1.54) is 23.0 Å². The Hall–Kier alpha value is -3.57. The topological polar surface area (TPSA) is 97.6 Å². The van der Waals surface area contributed by atoms with Crippen molar-refractivity contribution in [1.29, 1.82) is 0 Å². The fourth-order valence-electron chi connectivity index (χ4n) is 4.27. The highest BCUT2D eigenvalue weighted by Gasteiger charge is 2.34. The number of esters is 1. The van der Waals surface area contributed by atoms with Crippen LogP contribution in [0.15, 0.2) is 55.9 Å². The fraction of sp³-hybridized carbons (Fsp3) is 0.296. The highest BCUT2D eigenvalue weighted by molar-refractivity contribution is 9.10. The first-order valence-corrected chi connectivity index (χ1v) is 13.2. The van der Waals surface area contributed by atoms with Crippen LogP contribution in [0.1, 0.15) is 31.0 Å². The van der Waals surface area contributed by atoms with Crippen LogP contribution < -0.4 is 33.8 Å². The van der Waals surface area contributed by atoms with Gasteiger partial charge in [-0.25, -0.2) is 9.79 Å². The smallest absolute Gasteiger partial charge is 0.338 e. The van der Waals surface area contributed by atoms with Crippen molar-refractivity contribution in [3.63, 3.8) is 0 Å². The lowest BCUT2D eigenvalue weighted by molar-refractivity contribution is -0.139. The first kappa shape index (κ1) is 27.5. The van der Waals surface area contributed by atoms with Crippen LogP contribution in [0.2, 0.25) is 0 Å². The largest absolute Gasteiger partial charge is 0.496 e.